The van der Waals surface area contributed by atoms with Crippen molar-refractivity contribution in [2.24, 2.45) is 10.7 Å². The van der Waals surface area contributed by atoms with Crippen LogP contribution in [0.1, 0.15) is 23.1 Å². The zero-order valence-corrected chi connectivity index (χ0v) is 18.7. The van der Waals surface area contributed by atoms with Gasteiger partial charge in [0.1, 0.15) is 23.0 Å². The standard InChI is InChI=1S/C21H22N6O2.2ClH/c1-28-12-8-11(9-13(10-12)29-2)18-20(27-21(24)26-18)25-17-7-6-14-15(17)4-3-5-16(14)19(22)23;;/h3-5,8-10H,6-7H2,1-2H3,(H3,22,23)(H3,24,26,27);2*1H. The topological polar surface area (TPSA) is 135 Å². The smallest absolute Gasteiger partial charge is 0.199 e. The van der Waals surface area contributed by atoms with Gasteiger partial charge in [0.05, 0.1) is 19.9 Å². The molecular weight excluding hydrogens is 439 g/mol. The van der Waals surface area contributed by atoms with Crippen LogP contribution in [-0.2, 0) is 6.42 Å². The molecule has 3 aromatic rings. The van der Waals surface area contributed by atoms with Gasteiger partial charge >= 0.3 is 0 Å². The molecule has 0 bridgehead atoms. The van der Waals surface area contributed by atoms with Crippen LogP contribution in [0.4, 0.5) is 11.8 Å². The molecule has 0 aliphatic heterocycles. The normalized spacial score (nSPS) is 13.2. The summed E-state index contributed by atoms with van der Waals surface area (Å²) in [5.74, 6) is 2.21. The van der Waals surface area contributed by atoms with Crippen molar-refractivity contribution < 1.29 is 9.47 Å². The molecule has 31 heavy (non-hydrogen) atoms. The Kier molecular flexibility index (Phi) is 7.54. The van der Waals surface area contributed by atoms with Crippen LogP contribution in [0.15, 0.2) is 41.4 Å². The second kappa shape index (κ2) is 9.72. The lowest BCUT2D eigenvalue weighted by Crippen LogP contribution is -2.13. The number of hydrogen-bond acceptors (Lipinski definition) is 6. The number of hydrogen-bond donors (Lipinski definition) is 4. The third-order valence-corrected chi connectivity index (χ3v) is 4.96. The fourth-order valence-electron chi connectivity index (χ4n) is 3.62. The number of nitrogens with zero attached hydrogens (tertiary/aromatic N) is 2. The van der Waals surface area contributed by atoms with Gasteiger partial charge in [-0.05, 0) is 36.1 Å². The van der Waals surface area contributed by atoms with E-state index < -0.39 is 0 Å². The molecule has 0 atom stereocenters. The van der Waals surface area contributed by atoms with Crippen LogP contribution in [0.3, 0.4) is 0 Å². The summed E-state index contributed by atoms with van der Waals surface area (Å²) >= 11 is 0. The average Bonchev–Trinajstić information content (AvgIpc) is 3.30. The number of aromatic amines is 1. The van der Waals surface area contributed by atoms with E-state index in [2.05, 4.69) is 9.97 Å². The third-order valence-electron chi connectivity index (χ3n) is 4.96. The molecule has 1 aliphatic carbocycles. The van der Waals surface area contributed by atoms with Crippen molar-refractivity contribution in [2.75, 3.05) is 20.0 Å². The molecule has 1 heterocycles. The van der Waals surface area contributed by atoms with Gasteiger partial charge in [0.2, 0.25) is 0 Å². The molecule has 0 saturated heterocycles. The summed E-state index contributed by atoms with van der Waals surface area (Å²) in [7, 11) is 3.20. The summed E-state index contributed by atoms with van der Waals surface area (Å²) in [5.41, 5.74) is 16.8. The Hall–Kier alpha value is -3.23. The number of nitrogens with two attached hydrogens (primary N) is 2. The number of H-pyrrole nitrogens is 1. The lowest BCUT2D eigenvalue weighted by molar-refractivity contribution is 0.394. The molecule has 1 aromatic heterocycles. The molecular formula is C21H24Cl2N6O2. The number of nitrogens with one attached hydrogen (secondary N) is 2. The lowest BCUT2D eigenvalue weighted by Gasteiger charge is -2.08. The zero-order chi connectivity index (χ0) is 20.5. The summed E-state index contributed by atoms with van der Waals surface area (Å²) in [6.07, 6.45) is 1.54. The van der Waals surface area contributed by atoms with Gasteiger partial charge in [-0.15, -0.1) is 24.8 Å². The van der Waals surface area contributed by atoms with Crippen LogP contribution in [0, 0.1) is 5.41 Å². The second-order valence-electron chi connectivity index (χ2n) is 6.72. The van der Waals surface area contributed by atoms with Gasteiger partial charge in [0.15, 0.2) is 11.8 Å². The van der Waals surface area contributed by atoms with Crippen LogP contribution in [0.5, 0.6) is 11.5 Å². The molecule has 2 aromatic carbocycles. The minimum atomic E-state index is 0. The van der Waals surface area contributed by atoms with Crippen molar-refractivity contribution in [1.29, 1.82) is 5.41 Å². The average molecular weight is 463 g/mol. The molecule has 0 spiro atoms. The van der Waals surface area contributed by atoms with Gasteiger partial charge < -0.3 is 25.9 Å². The number of nitrogen functional groups attached to an aromatic ring is 2. The van der Waals surface area contributed by atoms with Gasteiger partial charge in [-0.2, -0.15) is 0 Å². The van der Waals surface area contributed by atoms with Crippen molar-refractivity contribution in [3.8, 4) is 22.8 Å². The van der Waals surface area contributed by atoms with E-state index in [1.165, 1.54) is 0 Å². The van der Waals surface area contributed by atoms with E-state index in [-0.39, 0.29) is 36.6 Å². The predicted molar refractivity (Wildman–Crippen MR) is 128 cm³/mol. The summed E-state index contributed by atoms with van der Waals surface area (Å²) in [4.78, 5) is 12.3. The molecule has 6 N–H and O–H groups in total. The monoisotopic (exact) mass is 462 g/mol. The Morgan fingerprint density at radius 1 is 1.10 bits per heavy atom. The Bertz CT molecular complexity index is 1120. The number of anilines is 1. The van der Waals surface area contributed by atoms with Crippen molar-refractivity contribution >= 4 is 48.1 Å². The van der Waals surface area contributed by atoms with E-state index in [1.54, 1.807) is 20.3 Å². The van der Waals surface area contributed by atoms with E-state index in [9.17, 15) is 0 Å². The molecule has 164 valence electrons. The maximum atomic E-state index is 7.80. The highest BCUT2D eigenvalue weighted by atomic mass is 35.5. The molecule has 0 unspecified atom stereocenters. The van der Waals surface area contributed by atoms with E-state index in [1.807, 2.05) is 30.3 Å². The SMILES string of the molecule is COc1cc(OC)cc(-c2nc(N)[nH]c2N=C2CCc3c(C(=N)N)cccc32)c1.Cl.Cl. The number of aromatic nitrogens is 2. The van der Waals surface area contributed by atoms with E-state index in [4.69, 9.17) is 31.3 Å². The Morgan fingerprint density at radius 2 is 1.77 bits per heavy atom. The summed E-state index contributed by atoms with van der Waals surface area (Å²) in [6.45, 7) is 0. The predicted octanol–water partition coefficient (Wildman–Crippen LogP) is 3.87. The molecule has 10 heteroatoms. The highest BCUT2D eigenvalue weighted by Gasteiger charge is 2.23. The third kappa shape index (κ3) is 4.60. The fraction of sp³-hybridized carbons (Fsp3) is 0.190. The molecule has 0 amide bonds. The highest BCUT2D eigenvalue weighted by Crippen LogP contribution is 2.36. The first-order chi connectivity index (χ1) is 14.0. The number of amidine groups is 1. The van der Waals surface area contributed by atoms with Crippen molar-refractivity contribution in [2.45, 2.75) is 12.8 Å². The Balaban J connectivity index is 0.00000171. The quantitative estimate of drug-likeness (QED) is 0.337. The molecule has 0 fully saturated rings. The molecule has 0 saturated carbocycles. The first-order valence-corrected chi connectivity index (χ1v) is 9.13. The van der Waals surface area contributed by atoms with E-state index in [0.717, 1.165) is 40.8 Å². The van der Waals surface area contributed by atoms with Crippen molar-refractivity contribution in [3.05, 3.63) is 53.1 Å². The second-order valence-corrected chi connectivity index (χ2v) is 6.72. The van der Waals surface area contributed by atoms with Gasteiger partial charge in [-0.1, -0.05) is 18.2 Å². The van der Waals surface area contributed by atoms with Crippen LogP contribution < -0.4 is 20.9 Å². The minimum absolute atomic E-state index is 0. The van der Waals surface area contributed by atoms with Crippen LogP contribution in [0.2, 0.25) is 0 Å². The van der Waals surface area contributed by atoms with Crippen LogP contribution in [-0.4, -0.2) is 35.7 Å². The molecule has 0 radical (unpaired) electrons. The number of benzene rings is 2. The summed E-state index contributed by atoms with van der Waals surface area (Å²) in [5, 5.41) is 7.80. The number of rotatable bonds is 5. The maximum Gasteiger partial charge on any atom is 0.199 e. The minimum Gasteiger partial charge on any atom is -0.497 e. The van der Waals surface area contributed by atoms with Crippen LogP contribution >= 0.6 is 24.8 Å². The number of methoxy groups -OCH3 is 2. The van der Waals surface area contributed by atoms with E-state index >= 15 is 0 Å². The number of aliphatic imine (C=N–C) groups is 1. The fourth-order valence-corrected chi connectivity index (χ4v) is 3.62. The highest BCUT2D eigenvalue weighted by molar-refractivity contribution is 6.09. The van der Waals surface area contributed by atoms with Crippen molar-refractivity contribution in [1.82, 2.24) is 9.97 Å². The van der Waals surface area contributed by atoms with E-state index in [0.29, 0.717) is 23.0 Å². The van der Waals surface area contributed by atoms with Crippen LogP contribution in [0.25, 0.3) is 11.3 Å². The number of imidazole rings is 1. The summed E-state index contributed by atoms with van der Waals surface area (Å²) in [6, 6.07) is 11.3. The largest absolute Gasteiger partial charge is 0.497 e. The number of ether oxygens (including phenoxy) is 2. The van der Waals surface area contributed by atoms with Gasteiger partial charge in [-0.25, -0.2) is 9.98 Å². The zero-order valence-electron chi connectivity index (χ0n) is 17.1. The van der Waals surface area contributed by atoms with Crippen molar-refractivity contribution in [3.63, 3.8) is 0 Å². The first kappa shape index (κ1) is 24.0. The van der Waals surface area contributed by atoms with Gasteiger partial charge in [0, 0.05) is 17.2 Å². The van der Waals surface area contributed by atoms with Gasteiger partial charge in [0.25, 0.3) is 0 Å². The Morgan fingerprint density at radius 3 is 2.39 bits per heavy atom. The molecule has 8 nitrogen and oxygen atoms in total. The first-order valence-electron chi connectivity index (χ1n) is 9.13. The van der Waals surface area contributed by atoms with Gasteiger partial charge in [-0.3, -0.25) is 5.41 Å². The number of halogens is 2. The number of fused-ring (bicyclic) bond motifs is 1. The molecule has 1 aliphatic rings. The Labute approximate surface area is 192 Å². The lowest BCUT2D eigenvalue weighted by atomic mass is 10.0. The molecule has 4 rings (SSSR count). The maximum absolute atomic E-state index is 7.80. The summed E-state index contributed by atoms with van der Waals surface area (Å²) < 4.78 is 10.7.